The fourth-order valence-electron chi connectivity index (χ4n) is 2.73. The Morgan fingerprint density at radius 2 is 1.83 bits per heavy atom. The summed E-state index contributed by atoms with van der Waals surface area (Å²) in [5.41, 5.74) is 6.50. The van der Waals surface area contributed by atoms with Gasteiger partial charge in [0.25, 0.3) is 17.4 Å². The number of nitrogens with two attached hydrogens (primary N) is 1. The van der Waals surface area contributed by atoms with Gasteiger partial charge in [-0.2, -0.15) is 5.10 Å². The largest absolute Gasteiger partial charge is 0.384 e. The van der Waals surface area contributed by atoms with Crippen molar-refractivity contribution < 1.29 is 9.59 Å². The van der Waals surface area contributed by atoms with E-state index in [9.17, 15) is 14.4 Å². The van der Waals surface area contributed by atoms with Crippen molar-refractivity contribution in [3.8, 4) is 17.1 Å². The predicted molar refractivity (Wildman–Crippen MR) is 83.6 cm³/mol. The fourth-order valence-corrected chi connectivity index (χ4v) is 2.73. The number of H-pyrrole nitrogens is 1. The number of para-hydroxylation sites is 1. The molecule has 0 aliphatic carbocycles. The van der Waals surface area contributed by atoms with E-state index in [0.717, 1.165) is 6.07 Å². The van der Waals surface area contributed by atoms with Crippen molar-refractivity contribution in [2.45, 2.75) is 0 Å². The minimum Gasteiger partial charge on any atom is -0.384 e. The van der Waals surface area contributed by atoms with Crippen LogP contribution in [0, 0.1) is 0 Å². The summed E-state index contributed by atoms with van der Waals surface area (Å²) in [5, 5.41) is 8.65. The predicted octanol–water partition coefficient (Wildman–Crippen LogP) is 0.0884. The molecule has 9 heteroatoms. The lowest BCUT2D eigenvalue weighted by Crippen LogP contribution is -2.24. The van der Waals surface area contributed by atoms with Crippen molar-refractivity contribution in [3.05, 3.63) is 58.1 Å². The average Bonchev–Trinajstić information content (AvgIpc) is 3.17. The van der Waals surface area contributed by atoms with E-state index < -0.39 is 17.4 Å². The van der Waals surface area contributed by atoms with Crippen molar-refractivity contribution in [2.24, 2.45) is 0 Å². The van der Waals surface area contributed by atoms with Crippen LogP contribution in [0.3, 0.4) is 0 Å². The molecule has 3 aromatic rings. The third-order valence-corrected chi connectivity index (χ3v) is 3.77. The summed E-state index contributed by atoms with van der Waals surface area (Å²) in [5.74, 6) is -0.918. The van der Waals surface area contributed by atoms with Crippen molar-refractivity contribution in [3.63, 3.8) is 0 Å². The van der Waals surface area contributed by atoms with E-state index in [-0.39, 0.29) is 16.9 Å². The molecule has 2 amide bonds. The Bertz CT molecular complexity index is 1050. The molecule has 1 aliphatic heterocycles. The zero-order valence-electron chi connectivity index (χ0n) is 12.1. The maximum atomic E-state index is 12.5. The molecule has 9 nitrogen and oxygen atoms in total. The lowest BCUT2D eigenvalue weighted by atomic mass is 10.1. The van der Waals surface area contributed by atoms with Crippen molar-refractivity contribution in [1.82, 2.24) is 25.1 Å². The molecular formula is C15H10N6O3. The van der Waals surface area contributed by atoms with Gasteiger partial charge in [0.1, 0.15) is 12.1 Å². The molecule has 4 N–H and O–H groups in total. The Morgan fingerprint density at radius 3 is 2.58 bits per heavy atom. The summed E-state index contributed by atoms with van der Waals surface area (Å²) in [7, 11) is 0. The van der Waals surface area contributed by atoms with E-state index in [2.05, 4.69) is 20.5 Å². The van der Waals surface area contributed by atoms with E-state index in [4.69, 9.17) is 5.73 Å². The maximum Gasteiger partial charge on any atom is 0.262 e. The Morgan fingerprint density at radius 1 is 1.04 bits per heavy atom. The van der Waals surface area contributed by atoms with Crippen molar-refractivity contribution >= 4 is 17.6 Å². The number of pyridine rings is 1. The van der Waals surface area contributed by atoms with Gasteiger partial charge in [-0.05, 0) is 12.1 Å². The van der Waals surface area contributed by atoms with Gasteiger partial charge in [-0.3, -0.25) is 29.4 Å². The Labute approximate surface area is 134 Å². The highest BCUT2D eigenvalue weighted by Crippen LogP contribution is 2.27. The van der Waals surface area contributed by atoms with Crippen molar-refractivity contribution in [1.29, 1.82) is 0 Å². The molecule has 1 aromatic carbocycles. The molecule has 0 fully saturated rings. The molecule has 0 atom stereocenters. The van der Waals surface area contributed by atoms with Crippen LogP contribution in [0.4, 0.5) is 5.82 Å². The number of nitrogens with one attached hydrogen (secondary N) is 2. The summed E-state index contributed by atoms with van der Waals surface area (Å²) in [6.07, 6.45) is 1.34. The van der Waals surface area contributed by atoms with Crippen molar-refractivity contribution in [2.75, 3.05) is 5.73 Å². The first-order chi connectivity index (χ1) is 11.6. The number of nitrogen functional groups attached to an aromatic ring is 1. The minimum atomic E-state index is -0.630. The van der Waals surface area contributed by atoms with Gasteiger partial charge in [0, 0.05) is 11.6 Å². The third kappa shape index (κ3) is 1.85. The number of carbonyl (C=O) groups is 2. The van der Waals surface area contributed by atoms with Crippen LogP contribution in [0.5, 0.6) is 0 Å². The molecule has 3 heterocycles. The number of benzene rings is 1. The number of aromatic amines is 1. The minimum absolute atomic E-state index is 0.00743. The first kappa shape index (κ1) is 13.9. The molecule has 0 bridgehead atoms. The highest BCUT2D eigenvalue weighted by atomic mass is 16.2. The van der Waals surface area contributed by atoms with Crippen LogP contribution < -0.4 is 16.6 Å². The first-order valence-corrected chi connectivity index (χ1v) is 6.94. The van der Waals surface area contributed by atoms with Crippen LogP contribution in [0.1, 0.15) is 20.7 Å². The fraction of sp³-hybridized carbons (Fsp3) is 0. The van der Waals surface area contributed by atoms with Crippen LogP contribution in [0.15, 0.2) is 41.5 Å². The number of carbonyl (C=O) groups excluding carboxylic acids is 2. The Balaban J connectivity index is 2.04. The van der Waals surface area contributed by atoms with Gasteiger partial charge in [-0.15, -0.1) is 0 Å². The highest BCUT2D eigenvalue weighted by molar-refractivity contribution is 6.23. The monoisotopic (exact) mass is 322 g/mol. The van der Waals surface area contributed by atoms with Gasteiger partial charge < -0.3 is 5.73 Å². The summed E-state index contributed by atoms with van der Waals surface area (Å²) in [6, 6.07) is 7.99. The van der Waals surface area contributed by atoms with E-state index in [1.54, 1.807) is 24.3 Å². The number of amides is 2. The van der Waals surface area contributed by atoms with Gasteiger partial charge in [0.2, 0.25) is 0 Å². The van der Waals surface area contributed by atoms with Crippen LogP contribution in [-0.2, 0) is 0 Å². The van der Waals surface area contributed by atoms with Crippen LogP contribution in [0.25, 0.3) is 17.1 Å². The number of aromatic nitrogens is 4. The average molecular weight is 322 g/mol. The number of hydrogen-bond donors (Lipinski definition) is 3. The van der Waals surface area contributed by atoms with E-state index >= 15 is 0 Å². The topological polar surface area (TPSA) is 136 Å². The summed E-state index contributed by atoms with van der Waals surface area (Å²) >= 11 is 0. The second-order valence-corrected chi connectivity index (χ2v) is 5.13. The Hall–Kier alpha value is -3.75. The van der Waals surface area contributed by atoms with Gasteiger partial charge in [0.05, 0.1) is 16.8 Å². The summed E-state index contributed by atoms with van der Waals surface area (Å²) in [4.78, 5) is 40.3. The molecule has 4 rings (SSSR count). The van der Waals surface area contributed by atoms with E-state index in [0.29, 0.717) is 17.1 Å². The van der Waals surface area contributed by atoms with Gasteiger partial charge in [-0.1, -0.05) is 12.1 Å². The molecular weight excluding hydrogens is 312 g/mol. The van der Waals surface area contributed by atoms with Crippen LogP contribution in [-0.4, -0.2) is 31.6 Å². The second-order valence-electron chi connectivity index (χ2n) is 5.13. The third-order valence-electron chi connectivity index (χ3n) is 3.77. The summed E-state index contributed by atoms with van der Waals surface area (Å²) in [6.45, 7) is 0. The zero-order chi connectivity index (χ0) is 16.8. The quantitative estimate of drug-likeness (QED) is 0.572. The lowest BCUT2D eigenvalue weighted by Gasteiger charge is -2.14. The normalized spacial score (nSPS) is 13.0. The number of fused-ring (bicyclic) bond motifs is 1. The molecule has 24 heavy (non-hydrogen) atoms. The Kier molecular flexibility index (Phi) is 2.82. The van der Waals surface area contributed by atoms with Gasteiger partial charge in [-0.25, -0.2) is 4.98 Å². The van der Waals surface area contributed by atoms with E-state index in [1.807, 2.05) is 0 Å². The number of rotatable bonds is 2. The SMILES string of the molecule is Nc1c2c(cc(=O)n1-c1ccccc1-c1ncn[nH]1)C(=O)NC2=O. The lowest BCUT2D eigenvalue weighted by molar-refractivity contribution is 0.0880. The molecule has 2 aromatic heterocycles. The van der Waals surface area contributed by atoms with Crippen LogP contribution in [0.2, 0.25) is 0 Å². The van der Waals surface area contributed by atoms with E-state index in [1.165, 1.54) is 10.9 Å². The molecule has 118 valence electrons. The number of nitrogens with zero attached hydrogens (tertiary/aromatic N) is 3. The number of hydrogen-bond acceptors (Lipinski definition) is 6. The second kappa shape index (κ2) is 4.88. The molecule has 1 aliphatic rings. The number of anilines is 1. The highest BCUT2D eigenvalue weighted by Gasteiger charge is 2.32. The molecule has 0 saturated carbocycles. The standard InChI is InChI=1S/C15H10N6O3/c16-12-11-8(14(23)19-15(11)24)5-10(22)21(12)9-4-2-1-3-7(9)13-17-6-18-20-13/h1-6H,16H2,(H,17,18,20)(H,19,23,24). The molecule has 0 spiro atoms. The molecule has 0 radical (unpaired) electrons. The van der Waals surface area contributed by atoms with Crippen LogP contribution >= 0.6 is 0 Å². The van der Waals surface area contributed by atoms with Gasteiger partial charge >= 0.3 is 0 Å². The maximum absolute atomic E-state index is 12.5. The summed E-state index contributed by atoms with van der Waals surface area (Å²) < 4.78 is 1.18. The zero-order valence-corrected chi connectivity index (χ0v) is 12.1. The molecule has 0 unspecified atom stereocenters. The first-order valence-electron chi connectivity index (χ1n) is 6.94. The number of imide groups is 1. The molecule has 0 saturated heterocycles. The van der Waals surface area contributed by atoms with Gasteiger partial charge in [0.15, 0.2) is 5.82 Å². The smallest absolute Gasteiger partial charge is 0.262 e.